The molecule has 0 saturated heterocycles. The van der Waals surface area contributed by atoms with E-state index in [0.717, 1.165) is 40.4 Å². The van der Waals surface area contributed by atoms with Gasteiger partial charge in [0.25, 0.3) is 11.8 Å². The van der Waals surface area contributed by atoms with E-state index in [1.165, 1.54) is 6.07 Å². The summed E-state index contributed by atoms with van der Waals surface area (Å²) < 4.78 is 39.7. The molecule has 4 rings (SSSR count). The van der Waals surface area contributed by atoms with Gasteiger partial charge in [-0.2, -0.15) is 13.2 Å². The summed E-state index contributed by atoms with van der Waals surface area (Å²) in [5.41, 5.74) is 0.322. The van der Waals surface area contributed by atoms with Gasteiger partial charge in [0.15, 0.2) is 0 Å². The zero-order valence-corrected chi connectivity index (χ0v) is 18.7. The zero-order chi connectivity index (χ0) is 23.8. The molecule has 0 bridgehead atoms. The van der Waals surface area contributed by atoms with Crippen molar-refractivity contribution in [2.45, 2.75) is 18.0 Å². The standard InChI is InChI=1S/C24H16ClF3N2O2S/c1-14-5-2-3-8-19(14)29-20-21(33-18-11-9-16(25)10-12-18)23(32)30(22(20)31)17-7-4-6-15(13-17)24(26,27)28/h2-13,29H,1H3. The van der Waals surface area contributed by atoms with Crippen molar-refractivity contribution in [1.29, 1.82) is 0 Å². The van der Waals surface area contributed by atoms with E-state index in [4.69, 9.17) is 11.6 Å². The highest BCUT2D eigenvalue weighted by Gasteiger charge is 2.41. The average Bonchev–Trinajstić information content (AvgIpc) is 3.00. The number of amides is 2. The monoisotopic (exact) mass is 488 g/mol. The van der Waals surface area contributed by atoms with Crippen LogP contribution in [0.15, 0.2) is 88.3 Å². The maximum Gasteiger partial charge on any atom is 0.416 e. The highest BCUT2D eigenvalue weighted by Crippen LogP contribution is 2.39. The van der Waals surface area contributed by atoms with Crippen molar-refractivity contribution in [3.05, 3.63) is 99.5 Å². The summed E-state index contributed by atoms with van der Waals surface area (Å²) in [6.07, 6.45) is -4.61. The van der Waals surface area contributed by atoms with E-state index in [-0.39, 0.29) is 16.3 Å². The molecule has 1 heterocycles. The molecule has 0 radical (unpaired) electrons. The summed E-state index contributed by atoms with van der Waals surface area (Å²) in [7, 11) is 0. The molecule has 168 valence electrons. The topological polar surface area (TPSA) is 49.4 Å². The highest BCUT2D eigenvalue weighted by atomic mass is 35.5. The summed E-state index contributed by atoms with van der Waals surface area (Å²) in [6.45, 7) is 1.83. The minimum atomic E-state index is -4.61. The van der Waals surface area contributed by atoms with Gasteiger partial charge >= 0.3 is 6.18 Å². The van der Waals surface area contributed by atoms with Crippen LogP contribution in [-0.4, -0.2) is 11.8 Å². The Morgan fingerprint density at radius 3 is 2.27 bits per heavy atom. The van der Waals surface area contributed by atoms with Crippen LogP contribution < -0.4 is 10.2 Å². The number of carbonyl (C=O) groups excluding carboxylic acids is 2. The molecule has 0 aliphatic carbocycles. The van der Waals surface area contributed by atoms with Crippen LogP contribution >= 0.6 is 23.4 Å². The first kappa shape index (κ1) is 22.9. The number of nitrogens with one attached hydrogen (secondary N) is 1. The van der Waals surface area contributed by atoms with Gasteiger partial charge in [0.1, 0.15) is 10.6 Å². The molecule has 33 heavy (non-hydrogen) atoms. The third-order valence-corrected chi connectivity index (χ3v) is 6.25. The van der Waals surface area contributed by atoms with Gasteiger partial charge in [-0.1, -0.05) is 47.6 Å². The molecule has 0 fully saturated rings. The first-order chi connectivity index (χ1) is 15.6. The predicted octanol–water partition coefficient (Wildman–Crippen LogP) is 6.66. The van der Waals surface area contributed by atoms with Crippen LogP contribution in [-0.2, 0) is 15.8 Å². The van der Waals surface area contributed by atoms with Gasteiger partial charge in [0.2, 0.25) is 0 Å². The summed E-state index contributed by atoms with van der Waals surface area (Å²) >= 11 is 6.97. The number of imide groups is 1. The normalized spacial score (nSPS) is 14.3. The molecule has 1 aliphatic heterocycles. The highest BCUT2D eigenvalue weighted by molar-refractivity contribution is 8.04. The van der Waals surface area contributed by atoms with Crippen LogP contribution in [0.1, 0.15) is 11.1 Å². The summed E-state index contributed by atoms with van der Waals surface area (Å²) in [6, 6.07) is 18.0. The molecule has 0 unspecified atom stereocenters. The Balaban J connectivity index is 1.77. The maximum absolute atomic E-state index is 13.3. The number of anilines is 2. The molecular formula is C24H16ClF3N2O2S. The lowest BCUT2D eigenvalue weighted by atomic mass is 10.2. The predicted molar refractivity (Wildman–Crippen MR) is 123 cm³/mol. The van der Waals surface area contributed by atoms with Crippen molar-refractivity contribution >= 4 is 46.6 Å². The summed E-state index contributed by atoms with van der Waals surface area (Å²) in [5, 5.41) is 3.52. The van der Waals surface area contributed by atoms with E-state index in [1.54, 1.807) is 36.4 Å². The van der Waals surface area contributed by atoms with Gasteiger partial charge in [-0.15, -0.1) is 0 Å². The Morgan fingerprint density at radius 2 is 1.61 bits per heavy atom. The molecule has 1 N–H and O–H groups in total. The van der Waals surface area contributed by atoms with Gasteiger partial charge in [-0.05, 0) is 61.0 Å². The fourth-order valence-electron chi connectivity index (χ4n) is 3.24. The van der Waals surface area contributed by atoms with Crippen LogP contribution in [0.4, 0.5) is 24.5 Å². The molecule has 9 heteroatoms. The molecule has 2 amide bonds. The number of hydrogen-bond donors (Lipinski definition) is 1. The van der Waals surface area contributed by atoms with Gasteiger partial charge in [-0.25, -0.2) is 4.90 Å². The Morgan fingerprint density at radius 1 is 0.909 bits per heavy atom. The second-order valence-corrected chi connectivity index (χ2v) is 8.71. The minimum Gasteiger partial charge on any atom is -0.350 e. The summed E-state index contributed by atoms with van der Waals surface area (Å²) in [4.78, 5) is 28.1. The van der Waals surface area contributed by atoms with E-state index in [2.05, 4.69) is 5.32 Å². The van der Waals surface area contributed by atoms with E-state index in [0.29, 0.717) is 15.6 Å². The number of aryl methyl sites for hydroxylation is 1. The SMILES string of the molecule is Cc1ccccc1NC1=C(Sc2ccc(Cl)cc2)C(=O)N(c2cccc(C(F)(F)F)c2)C1=O. The molecule has 3 aromatic carbocycles. The van der Waals surface area contributed by atoms with Gasteiger partial charge in [0, 0.05) is 15.6 Å². The maximum atomic E-state index is 13.3. The fourth-order valence-corrected chi connectivity index (χ4v) is 4.29. The van der Waals surface area contributed by atoms with Crippen molar-refractivity contribution in [2.24, 2.45) is 0 Å². The minimum absolute atomic E-state index is 0.00772. The third kappa shape index (κ3) is 4.77. The van der Waals surface area contributed by atoms with Crippen LogP contribution in [0, 0.1) is 6.92 Å². The van der Waals surface area contributed by atoms with Crippen LogP contribution in [0.25, 0.3) is 0 Å². The molecule has 0 aromatic heterocycles. The van der Waals surface area contributed by atoms with E-state index in [9.17, 15) is 22.8 Å². The zero-order valence-electron chi connectivity index (χ0n) is 17.1. The number of benzene rings is 3. The van der Waals surface area contributed by atoms with E-state index in [1.807, 2.05) is 19.1 Å². The summed E-state index contributed by atoms with van der Waals surface area (Å²) in [5.74, 6) is -1.45. The lowest BCUT2D eigenvalue weighted by Gasteiger charge is -2.17. The van der Waals surface area contributed by atoms with Crippen molar-refractivity contribution < 1.29 is 22.8 Å². The number of alkyl halides is 3. The quantitative estimate of drug-likeness (QED) is 0.408. The van der Waals surface area contributed by atoms with E-state index >= 15 is 0 Å². The van der Waals surface area contributed by atoms with Gasteiger partial charge in [-0.3, -0.25) is 9.59 Å². The Kier molecular flexibility index (Phi) is 6.23. The lowest BCUT2D eigenvalue weighted by molar-refractivity contribution is -0.137. The number of carbonyl (C=O) groups is 2. The number of rotatable bonds is 5. The van der Waals surface area contributed by atoms with Crippen molar-refractivity contribution in [3.8, 4) is 0 Å². The largest absolute Gasteiger partial charge is 0.416 e. The van der Waals surface area contributed by atoms with E-state index < -0.39 is 23.6 Å². The molecule has 0 saturated carbocycles. The second kappa shape index (κ2) is 8.96. The molecular weight excluding hydrogens is 473 g/mol. The van der Waals surface area contributed by atoms with Crippen LogP contribution in [0.2, 0.25) is 5.02 Å². The number of halogens is 4. The van der Waals surface area contributed by atoms with Crippen LogP contribution in [0.5, 0.6) is 0 Å². The van der Waals surface area contributed by atoms with Crippen molar-refractivity contribution in [3.63, 3.8) is 0 Å². The average molecular weight is 489 g/mol. The third-order valence-electron chi connectivity index (χ3n) is 4.91. The fraction of sp³-hybridized carbons (Fsp3) is 0.0833. The molecule has 0 atom stereocenters. The number of nitrogens with zero attached hydrogens (tertiary/aromatic N) is 1. The second-order valence-electron chi connectivity index (χ2n) is 7.19. The molecule has 3 aromatic rings. The molecule has 1 aliphatic rings. The first-order valence-electron chi connectivity index (χ1n) is 9.71. The Hall–Kier alpha value is -3.23. The Bertz CT molecular complexity index is 1270. The molecule has 4 nitrogen and oxygen atoms in total. The number of hydrogen-bond acceptors (Lipinski definition) is 4. The number of thioether (sulfide) groups is 1. The smallest absolute Gasteiger partial charge is 0.350 e. The van der Waals surface area contributed by atoms with Crippen LogP contribution in [0.3, 0.4) is 0 Å². The first-order valence-corrected chi connectivity index (χ1v) is 10.9. The van der Waals surface area contributed by atoms with Crippen molar-refractivity contribution in [1.82, 2.24) is 0 Å². The van der Waals surface area contributed by atoms with Gasteiger partial charge < -0.3 is 5.32 Å². The van der Waals surface area contributed by atoms with Gasteiger partial charge in [0.05, 0.1) is 11.3 Å². The lowest BCUT2D eigenvalue weighted by Crippen LogP contribution is -2.32. The number of para-hydroxylation sites is 1. The Labute approximate surface area is 197 Å². The van der Waals surface area contributed by atoms with Crippen molar-refractivity contribution in [2.75, 3.05) is 10.2 Å². The molecule has 0 spiro atoms.